The first-order valence-corrected chi connectivity index (χ1v) is 5.74. The fourth-order valence-electron chi connectivity index (χ4n) is 1.55. The number of hydrogen-bond donors (Lipinski definition) is 2. The van der Waals surface area contributed by atoms with Gasteiger partial charge >= 0.3 is 0 Å². The van der Waals surface area contributed by atoms with Crippen molar-refractivity contribution in [3.63, 3.8) is 0 Å². The number of nitriles is 1. The molecule has 2 N–H and O–H groups in total. The first-order valence-electron chi connectivity index (χ1n) is 5.74. The van der Waals surface area contributed by atoms with E-state index in [-0.39, 0.29) is 5.91 Å². The molecule has 0 aliphatic heterocycles. The fraction of sp³-hybridized carbons (Fsp3) is 0.462. The van der Waals surface area contributed by atoms with Crippen LogP contribution in [-0.2, 0) is 4.79 Å². The number of amides is 1. The van der Waals surface area contributed by atoms with E-state index >= 15 is 0 Å². The van der Waals surface area contributed by atoms with E-state index < -0.39 is 5.41 Å². The second kappa shape index (κ2) is 5.50. The Labute approximate surface area is 107 Å². The number of nitrogens with zero attached hydrogens (tertiary/aromatic N) is 2. The minimum Gasteiger partial charge on any atom is -0.369 e. The zero-order valence-electron chi connectivity index (χ0n) is 11.2. The number of hydrogen-bond acceptors (Lipinski definition) is 4. The number of carbonyl (C=O) groups excluding carboxylic acids is 1. The summed E-state index contributed by atoms with van der Waals surface area (Å²) in [5.41, 5.74) is 0.796. The molecule has 1 amide bonds. The van der Waals surface area contributed by atoms with Crippen LogP contribution in [0, 0.1) is 23.7 Å². The SMILES string of the molecule is CNC(=O)C(C)(C)CNc1cc(C#N)cc(C)n1. The van der Waals surface area contributed by atoms with Gasteiger partial charge in [0, 0.05) is 19.3 Å². The van der Waals surface area contributed by atoms with Crippen molar-refractivity contribution in [2.24, 2.45) is 5.41 Å². The van der Waals surface area contributed by atoms with Crippen LogP contribution in [0.5, 0.6) is 0 Å². The third-order valence-electron chi connectivity index (χ3n) is 2.64. The van der Waals surface area contributed by atoms with Crippen molar-refractivity contribution in [1.29, 1.82) is 5.26 Å². The summed E-state index contributed by atoms with van der Waals surface area (Å²) in [5.74, 6) is 0.576. The summed E-state index contributed by atoms with van der Waals surface area (Å²) >= 11 is 0. The van der Waals surface area contributed by atoms with E-state index in [1.54, 1.807) is 19.2 Å². The van der Waals surface area contributed by atoms with Gasteiger partial charge in [-0.2, -0.15) is 5.26 Å². The molecule has 0 aliphatic carbocycles. The fourth-order valence-corrected chi connectivity index (χ4v) is 1.55. The third kappa shape index (κ3) is 3.45. The van der Waals surface area contributed by atoms with Crippen LogP contribution in [0.15, 0.2) is 12.1 Å². The molecule has 0 saturated heterocycles. The van der Waals surface area contributed by atoms with Crippen molar-refractivity contribution >= 4 is 11.7 Å². The highest BCUT2D eigenvalue weighted by molar-refractivity contribution is 5.82. The Hall–Kier alpha value is -2.09. The summed E-state index contributed by atoms with van der Waals surface area (Å²) in [4.78, 5) is 15.9. The topological polar surface area (TPSA) is 77.8 Å². The van der Waals surface area contributed by atoms with Crippen LogP contribution < -0.4 is 10.6 Å². The van der Waals surface area contributed by atoms with E-state index in [2.05, 4.69) is 21.7 Å². The molecule has 18 heavy (non-hydrogen) atoms. The Balaban J connectivity index is 2.78. The Bertz CT molecular complexity index is 488. The summed E-state index contributed by atoms with van der Waals surface area (Å²) in [6.45, 7) is 5.98. The number of carbonyl (C=O) groups is 1. The van der Waals surface area contributed by atoms with Gasteiger partial charge in [0.25, 0.3) is 0 Å². The first kappa shape index (κ1) is 14.0. The maximum absolute atomic E-state index is 11.6. The van der Waals surface area contributed by atoms with E-state index in [0.717, 1.165) is 5.69 Å². The van der Waals surface area contributed by atoms with Crippen molar-refractivity contribution in [3.8, 4) is 6.07 Å². The van der Waals surface area contributed by atoms with Crippen molar-refractivity contribution in [2.45, 2.75) is 20.8 Å². The highest BCUT2D eigenvalue weighted by Crippen LogP contribution is 2.17. The lowest BCUT2D eigenvalue weighted by Gasteiger charge is -2.23. The van der Waals surface area contributed by atoms with E-state index in [1.165, 1.54) is 0 Å². The predicted octanol–water partition coefficient (Wildman–Crippen LogP) is 1.45. The summed E-state index contributed by atoms with van der Waals surface area (Å²) in [7, 11) is 1.61. The van der Waals surface area contributed by atoms with Crippen LogP contribution >= 0.6 is 0 Å². The van der Waals surface area contributed by atoms with E-state index in [1.807, 2.05) is 20.8 Å². The molecule has 1 aromatic heterocycles. The zero-order valence-corrected chi connectivity index (χ0v) is 11.2. The number of aryl methyl sites for hydroxylation is 1. The van der Waals surface area contributed by atoms with Gasteiger partial charge in [0.05, 0.1) is 17.0 Å². The third-order valence-corrected chi connectivity index (χ3v) is 2.64. The molecule has 1 aromatic rings. The van der Waals surface area contributed by atoms with Gasteiger partial charge in [0.15, 0.2) is 0 Å². The minimum atomic E-state index is -0.535. The van der Waals surface area contributed by atoms with Crippen molar-refractivity contribution in [3.05, 3.63) is 23.4 Å². The van der Waals surface area contributed by atoms with Crippen LogP contribution in [0.2, 0.25) is 0 Å². The summed E-state index contributed by atoms with van der Waals surface area (Å²) in [6, 6.07) is 5.47. The van der Waals surface area contributed by atoms with E-state index in [9.17, 15) is 4.79 Å². The van der Waals surface area contributed by atoms with Crippen LogP contribution in [0.1, 0.15) is 25.1 Å². The summed E-state index contributed by atoms with van der Waals surface area (Å²) in [6.07, 6.45) is 0. The van der Waals surface area contributed by atoms with Crippen molar-refractivity contribution < 1.29 is 4.79 Å². The van der Waals surface area contributed by atoms with Gasteiger partial charge in [-0.3, -0.25) is 4.79 Å². The van der Waals surface area contributed by atoms with E-state index in [4.69, 9.17) is 5.26 Å². The highest BCUT2D eigenvalue weighted by Gasteiger charge is 2.26. The number of rotatable bonds is 4. The van der Waals surface area contributed by atoms with Crippen LogP contribution in [0.3, 0.4) is 0 Å². The molecule has 0 aromatic carbocycles. The molecular formula is C13H18N4O. The molecule has 0 unspecified atom stereocenters. The normalized spacial score (nSPS) is 10.6. The maximum Gasteiger partial charge on any atom is 0.227 e. The number of nitrogens with one attached hydrogen (secondary N) is 2. The standard InChI is InChI=1S/C13H18N4O/c1-9-5-10(7-14)6-11(17-9)16-8-13(2,3)12(18)15-4/h5-6H,8H2,1-4H3,(H,15,18)(H,16,17). The number of anilines is 1. The quantitative estimate of drug-likeness (QED) is 0.842. The Morgan fingerprint density at radius 3 is 2.72 bits per heavy atom. The van der Waals surface area contributed by atoms with Gasteiger partial charge in [0.2, 0.25) is 5.91 Å². The van der Waals surface area contributed by atoms with Crippen molar-refractivity contribution in [2.75, 3.05) is 18.9 Å². The molecule has 0 fully saturated rings. The molecule has 0 bridgehead atoms. The molecule has 96 valence electrons. The summed E-state index contributed by atoms with van der Waals surface area (Å²) in [5, 5.41) is 14.6. The van der Waals surface area contributed by atoms with Gasteiger partial charge in [-0.05, 0) is 32.9 Å². The molecule has 5 heteroatoms. The average Bonchev–Trinajstić information content (AvgIpc) is 2.34. The lowest BCUT2D eigenvalue weighted by molar-refractivity contribution is -0.128. The van der Waals surface area contributed by atoms with Gasteiger partial charge in [-0.25, -0.2) is 4.98 Å². The molecule has 0 spiro atoms. The molecular weight excluding hydrogens is 228 g/mol. The van der Waals surface area contributed by atoms with Crippen molar-refractivity contribution in [1.82, 2.24) is 10.3 Å². The average molecular weight is 246 g/mol. The van der Waals surface area contributed by atoms with Crippen LogP contribution in [0.4, 0.5) is 5.82 Å². The number of aromatic nitrogens is 1. The summed E-state index contributed by atoms with van der Waals surface area (Å²) < 4.78 is 0. The number of pyridine rings is 1. The molecule has 0 aliphatic rings. The minimum absolute atomic E-state index is 0.0387. The molecule has 1 heterocycles. The van der Waals surface area contributed by atoms with Crippen LogP contribution in [-0.4, -0.2) is 24.5 Å². The van der Waals surface area contributed by atoms with Gasteiger partial charge in [-0.15, -0.1) is 0 Å². The zero-order chi connectivity index (χ0) is 13.8. The molecule has 1 rings (SSSR count). The Kier molecular flexibility index (Phi) is 4.27. The molecule has 0 atom stereocenters. The Morgan fingerprint density at radius 2 is 2.17 bits per heavy atom. The highest BCUT2D eigenvalue weighted by atomic mass is 16.2. The lowest BCUT2D eigenvalue weighted by atomic mass is 9.92. The largest absolute Gasteiger partial charge is 0.369 e. The molecule has 0 radical (unpaired) electrons. The smallest absolute Gasteiger partial charge is 0.227 e. The lowest BCUT2D eigenvalue weighted by Crippen LogP contribution is -2.39. The Morgan fingerprint density at radius 1 is 1.50 bits per heavy atom. The van der Waals surface area contributed by atoms with Gasteiger partial charge < -0.3 is 10.6 Å². The molecule has 0 saturated carbocycles. The molecule has 5 nitrogen and oxygen atoms in total. The van der Waals surface area contributed by atoms with Gasteiger partial charge in [0.1, 0.15) is 5.82 Å². The predicted molar refractivity (Wildman–Crippen MR) is 70.0 cm³/mol. The second-order valence-corrected chi connectivity index (χ2v) is 4.81. The second-order valence-electron chi connectivity index (χ2n) is 4.81. The van der Waals surface area contributed by atoms with Gasteiger partial charge in [-0.1, -0.05) is 0 Å². The maximum atomic E-state index is 11.6. The van der Waals surface area contributed by atoms with Crippen LogP contribution in [0.25, 0.3) is 0 Å². The van der Waals surface area contributed by atoms with E-state index in [0.29, 0.717) is 17.9 Å². The monoisotopic (exact) mass is 246 g/mol. The first-order chi connectivity index (χ1) is 8.39.